The zero-order chi connectivity index (χ0) is 21.4. The van der Waals surface area contributed by atoms with E-state index in [0.717, 1.165) is 16.8 Å². The highest BCUT2D eigenvalue weighted by Crippen LogP contribution is 2.24. The lowest BCUT2D eigenvalue weighted by atomic mass is 10.1. The predicted octanol–water partition coefficient (Wildman–Crippen LogP) is 4.22. The van der Waals surface area contributed by atoms with Crippen molar-refractivity contribution in [2.24, 2.45) is 0 Å². The predicted molar refractivity (Wildman–Crippen MR) is 118 cm³/mol. The van der Waals surface area contributed by atoms with Crippen LogP contribution in [0.25, 0.3) is 22.4 Å². The van der Waals surface area contributed by atoms with Crippen LogP contribution in [-0.2, 0) is 4.79 Å². The number of aromatic nitrogens is 5. The summed E-state index contributed by atoms with van der Waals surface area (Å²) in [5, 5.41) is 16.4. The average Bonchev–Trinajstić information content (AvgIpc) is 3.36. The number of amides is 1. The highest BCUT2D eigenvalue weighted by atomic mass is 32.2. The molecule has 0 bridgehead atoms. The Labute approximate surface area is 180 Å². The Morgan fingerprint density at radius 1 is 1.10 bits per heavy atom. The van der Waals surface area contributed by atoms with Crippen molar-refractivity contribution in [2.75, 3.05) is 11.1 Å². The molecule has 154 valence electrons. The smallest absolute Gasteiger partial charge is 0.234 e. The first kappa shape index (κ1) is 19.3. The molecule has 2 aromatic carbocycles. The number of benzene rings is 2. The minimum absolute atomic E-state index is 0.121. The fourth-order valence-corrected chi connectivity index (χ4v) is 3.97. The molecule has 7 nitrogen and oxygen atoms in total. The van der Waals surface area contributed by atoms with Gasteiger partial charge in [-0.3, -0.25) is 9.20 Å². The van der Waals surface area contributed by atoms with Gasteiger partial charge in [-0.05, 0) is 31.2 Å². The van der Waals surface area contributed by atoms with Gasteiger partial charge in [-0.1, -0.05) is 47.7 Å². The standard InChI is InChI=1S/C22H17FN6OS/c1-14-5-7-15(8-6-14)18-12-19-21-25-26-22(28(21)9-10-29(19)27-18)31-13-20(30)24-17-4-2-3-16(23)11-17/h2-12H,13H2,1H3,(H,24,30). The maximum atomic E-state index is 13.3. The molecule has 1 amide bonds. The molecule has 0 aliphatic rings. The van der Waals surface area contributed by atoms with Gasteiger partial charge in [-0.2, -0.15) is 5.10 Å². The summed E-state index contributed by atoms with van der Waals surface area (Å²) in [7, 11) is 0. The second-order valence-electron chi connectivity index (χ2n) is 7.05. The third-order valence-corrected chi connectivity index (χ3v) is 5.72. The van der Waals surface area contributed by atoms with Gasteiger partial charge >= 0.3 is 0 Å². The van der Waals surface area contributed by atoms with Crippen LogP contribution in [0.3, 0.4) is 0 Å². The Morgan fingerprint density at radius 3 is 2.74 bits per heavy atom. The Balaban J connectivity index is 1.37. The van der Waals surface area contributed by atoms with Crippen LogP contribution in [0.4, 0.5) is 10.1 Å². The molecule has 0 aliphatic carbocycles. The Bertz CT molecular complexity index is 1410. The van der Waals surface area contributed by atoms with E-state index >= 15 is 0 Å². The molecule has 5 rings (SSSR count). The van der Waals surface area contributed by atoms with Crippen molar-refractivity contribution in [3.8, 4) is 11.3 Å². The summed E-state index contributed by atoms with van der Waals surface area (Å²) < 4.78 is 16.9. The Morgan fingerprint density at radius 2 is 1.94 bits per heavy atom. The van der Waals surface area contributed by atoms with Crippen molar-refractivity contribution in [3.63, 3.8) is 0 Å². The van der Waals surface area contributed by atoms with Crippen molar-refractivity contribution in [2.45, 2.75) is 12.1 Å². The van der Waals surface area contributed by atoms with Crippen molar-refractivity contribution in [1.29, 1.82) is 0 Å². The molecule has 0 fully saturated rings. The SMILES string of the molecule is Cc1ccc(-c2cc3c4nnc(SCC(=O)Nc5cccc(F)c5)n4ccn3n2)cc1. The molecule has 5 aromatic rings. The van der Waals surface area contributed by atoms with E-state index in [4.69, 9.17) is 0 Å². The zero-order valence-corrected chi connectivity index (χ0v) is 17.3. The first-order chi connectivity index (χ1) is 15.1. The van der Waals surface area contributed by atoms with Crippen molar-refractivity contribution < 1.29 is 9.18 Å². The molecule has 0 unspecified atom stereocenters. The van der Waals surface area contributed by atoms with E-state index in [0.29, 0.717) is 16.5 Å². The lowest BCUT2D eigenvalue weighted by molar-refractivity contribution is -0.113. The van der Waals surface area contributed by atoms with E-state index < -0.39 is 5.82 Å². The van der Waals surface area contributed by atoms with Gasteiger partial charge in [0.15, 0.2) is 10.8 Å². The molecule has 0 atom stereocenters. The molecule has 3 aromatic heterocycles. The molecule has 0 saturated heterocycles. The lowest BCUT2D eigenvalue weighted by Gasteiger charge is -2.04. The minimum atomic E-state index is -0.399. The second kappa shape index (κ2) is 7.84. The van der Waals surface area contributed by atoms with E-state index in [9.17, 15) is 9.18 Å². The van der Waals surface area contributed by atoms with Gasteiger partial charge in [0.1, 0.15) is 11.3 Å². The summed E-state index contributed by atoms with van der Waals surface area (Å²) in [6, 6.07) is 15.9. The van der Waals surface area contributed by atoms with Crippen LogP contribution in [0, 0.1) is 12.7 Å². The largest absolute Gasteiger partial charge is 0.325 e. The van der Waals surface area contributed by atoms with Crippen molar-refractivity contribution >= 4 is 34.5 Å². The van der Waals surface area contributed by atoms with Gasteiger partial charge in [-0.25, -0.2) is 8.91 Å². The lowest BCUT2D eigenvalue weighted by Crippen LogP contribution is -2.14. The third kappa shape index (κ3) is 3.87. The average molecular weight is 432 g/mol. The molecule has 0 spiro atoms. The summed E-state index contributed by atoms with van der Waals surface area (Å²) in [4.78, 5) is 12.2. The number of hydrogen-bond donors (Lipinski definition) is 1. The molecule has 0 aliphatic heterocycles. The highest BCUT2D eigenvalue weighted by Gasteiger charge is 2.14. The molecular weight excluding hydrogens is 415 g/mol. The molecule has 0 radical (unpaired) electrons. The highest BCUT2D eigenvalue weighted by molar-refractivity contribution is 7.99. The number of aryl methyl sites for hydroxylation is 1. The van der Waals surface area contributed by atoms with E-state index in [1.807, 2.05) is 41.9 Å². The number of fused-ring (bicyclic) bond motifs is 3. The molecule has 3 heterocycles. The minimum Gasteiger partial charge on any atom is -0.325 e. The topological polar surface area (TPSA) is 76.6 Å². The van der Waals surface area contributed by atoms with E-state index in [1.54, 1.807) is 16.6 Å². The molecule has 1 N–H and O–H groups in total. The Hall–Kier alpha value is -3.72. The van der Waals surface area contributed by atoms with Crippen LogP contribution in [-0.4, -0.2) is 35.9 Å². The molecule has 9 heteroatoms. The van der Waals surface area contributed by atoms with Crippen molar-refractivity contribution in [1.82, 2.24) is 24.2 Å². The maximum Gasteiger partial charge on any atom is 0.234 e. The van der Waals surface area contributed by atoms with Gasteiger partial charge in [0, 0.05) is 23.6 Å². The van der Waals surface area contributed by atoms with E-state index in [1.165, 1.54) is 29.5 Å². The van der Waals surface area contributed by atoms with Crippen LogP contribution < -0.4 is 5.32 Å². The summed E-state index contributed by atoms with van der Waals surface area (Å²) in [5.41, 5.74) is 4.95. The van der Waals surface area contributed by atoms with E-state index in [-0.39, 0.29) is 11.7 Å². The van der Waals surface area contributed by atoms with Crippen LogP contribution >= 0.6 is 11.8 Å². The van der Waals surface area contributed by atoms with Gasteiger partial charge < -0.3 is 5.32 Å². The van der Waals surface area contributed by atoms with Crippen LogP contribution in [0.1, 0.15) is 5.56 Å². The maximum absolute atomic E-state index is 13.3. The first-order valence-electron chi connectivity index (χ1n) is 9.55. The van der Waals surface area contributed by atoms with Gasteiger partial charge in [0.2, 0.25) is 5.91 Å². The van der Waals surface area contributed by atoms with E-state index in [2.05, 4.69) is 32.7 Å². The number of nitrogens with zero attached hydrogens (tertiary/aromatic N) is 5. The molecule has 0 saturated carbocycles. The number of thioether (sulfide) groups is 1. The van der Waals surface area contributed by atoms with Gasteiger partial charge in [0.05, 0.1) is 11.4 Å². The van der Waals surface area contributed by atoms with Crippen LogP contribution in [0.5, 0.6) is 0 Å². The fraction of sp³-hybridized carbons (Fsp3) is 0.0909. The van der Waals surface area contributed by atoms with Gasteiger partial charge in [-0.15, -0.1) is 10.2 Å². The molecule has 31 heavy (non-hydrogen) atoms. The number of hydrogen-bond acceptors (Lipinski definition) is 5. The molecular formula is C22H17FN6OS. The number of anilines is 1. The quantitative estimate of drug-likeness (QED) is 0.421. The van der Waals surface area contributed by atoms with Gasteiger partial charge in [0.25, 0.3) is 0 Å². The number of halogens is 1. The summed E-state index contributed by atoms with van der Waals surface area (Å²) in [5.74, 6) is -0.528. The second-order valence-corrected chi connectivity index (χ2v) is 7.99. The first-order valence-corrected chi connectivity index (χ1v) is 10.5. The zero-order valence-electron chi connectivity index (χ0n) is 16.5. The number of rotatable bonds is 5. The number of carbonyl (C=O) groups excluding carboxylic acids is 1. The normalized spacial score (nSPS) is 11.3. The van der Waals surface area contributed by atoms with Crippen LogP contribution in [0.2, 0.25) is 0 Å². The third-order valence-electron chi connectivity index (χ3n) is 4.77. The summed E-state index contributed by atoms with van der Waals surface area (Å²) >= 11 is 1.26. The summed E-state index contributed by atoms with van der Waals surface area (Å²) in [6.07, 6.45) is 3.65. The fourth-order valence-electron chi connectivity index (χ4n) is 3.25. The Kier molecular flexibility index (Phi) is 4.87. The van der Waals surface area contributed by atoms with Crippen molar-refractivity contribution in [3.05, 3.63) is 78.4 Å². The van der Waals surface area contributed by atoms with Crippen LogP contribution in [0.15, 0.2) is 72.1 Å². The number of nitrogens with one attached hydrogen (secondary N) is 1. The summed E-state index contributed by atoms with van der Waals surface area (Å²) in [6.45, 7) is 2.05. The monoisotopic (exact) mass is 432 g/mol. The number of carbonyl (C=O) groups is 1.